The molecule has 4 rings (SSSR count). The number of amides is 2. The molecule has 8 nitrogen and oxygen atoms in total. The zero-order valence-corrected chi connectivity index (χ0v) is 21.9. The van der Waals surface area contributed by atoms with Crippen molar-refractivity contribution in [3.63, 3.8) is 0 Å². The molecule has 10 heteroatoms. The summed E-state index contributed by atoms with van der Waals surface area (Å²) in [5.41, 5.74) is 2.70. The van der Waals surface area contributed by atoms with Gasteiger partial charge in [-0.3, -0.25) is 14.6 Å². The number of carbonyl (C=O) groups excluding carboxylic acids is 2. The minimum Gasteiger partial charge on any atom is -0.495 e. The predicted molar refractivity (Wildman–Crippen MR) is 143 cm³/mol. The molecule has 2 N–H and O–H groups in total. The Kier molecular flexibility index (Phi) is 8.22. The molecule has 0 saturated carbocycles. The van der Waals surface area contributed by atoms with E-state index in [0.29, 0.717) is 28.6 Å². The highest BCUT2D eigenvalue weighted by Gasteiger charge is 2.21. The topological polar surface area (TPSA) is 98.1 Å². The van der Waals surface area contributed by atoms with Crippen LogP contribution in [0.25, 0.3) is 16.6 Å². The Bertz CT molecular complexity index is 1410. The van der Waals surface area contributed by atoms with Crippen LogP contribution in [0.5, 0.6) is 5.75 Å². The summed E-state index contributed by atoms with van der Waals surface area (Å²) in [4.78, 5) is 29.5. The quantitative estimate of drug-likeness (QED) is 0.348. The molecule has 0 spiro atoms. The average molecular weight is 528 g/mol. The lowest BCUT2D eigenvalue weighted by Gasteiger charge is -2.18. The van der Waals surface area contributed by atoms with E-state index in [1.54, 1.807) is 54.6 Å². The number of pyridine rings is 1. The number of carbonyl (C=O) groups is 2. The first-order valence-corrected chi connectivity index (χ1v) is 11.4. The fourth-order valence-corrected chi connectivity index (χ4v) is 3.70. The van der Waals surface area contributed by atoms with E-state index < -0.39 is 5.41 Å². The van der Waals surface area contributed by atoms with Crippen LogP contribution in [0.3, 0.4) is 0 Å². The number of halogens is 2. The van der Waals surface area contributed by atoms with Crippen molar-refractivity contribution in [2.75, 3.05) is 12.4 Å². The van der Waals surface area contributed by atoms with E-state index in [2.05, 4.69) is 20.7 Å². The molecule has 0 aliphatic carbocycles. The number of aromatic nitrogens is 3. The summed E-state index contributed by atoms with van der Waals surface area (Å²) in [5, 5.41) is 11.4. The van der Waals surface area contributed by atoms with Crippen molar-refractivity contribution in [1.82, 2.24) is 20.1 Å². The third kappa shape index (κ3) is 5.78. The van der Waals surface area contributed by atoms with Crippen molar-refractivity contribution in [2.45, 2.75) is 27.3 Å². The molecule has 0 radical (unpaired) electrons. The van der Waals surface area contributed by atoms with Crippen LogP contribution in [-0.4, -0.2) is 33.7 Å². The van der Waals surface area contributed by atoms with Gasteiger partial charge in [0.15, 0.2) is 0 Å². The molecule has 2 aromatic heterocycles. The average Bonchev–Trinajstić information content (AvgIpc) is 3.28. The Labute approximate surface area is 220 Å². The Hall–Kier alpha value is -3.62. The molecule has 2 amide bonds. The normalized spacial score (nSPS) is 11.0. The SMILES string of the molecule is COc1cncc(-n2ncc3c(NC(=O)c4cc(CNC(=O)C(C)(C)C)ccc4Cl)cccc32)c1.Cl. The van der Waals surface area contributed by atoms with Crippen LogP contribution >= 0.6 is 24.0 Å². The molecule has 0 bridgehead atoms. The third-order valence-electron chi connectivity index (χ3n) is 5.45. The summed E-state index contributed by atoms with van der Waals surface area (Å²) in [6.07, 6.45) is 4.99. The number of hydrogen-bond donors (Lipinski definition) is 2. The van der Waals surface area contributed by atoms with Gasteiger partial charge in [-0.2, -0.15) is 5.10 Å². The van der Waals surface area contributed by atoms with Gasteiger partial charge in [0, 0.05) is 23.4 Å². The maximum atomic E-state index is 13.2. The summed E-state index contributed by atoms with van der Waals surface area (Å²) < 4.78 is 6.99. The van der Waals surface area contributed by atoms with Gasteiger partial charge in [0.2, 0.25) is 5.91 Å². The highest BCUT2D eigenvalue weighted by atomic mass is 35.5. The molecule has 0 saturated heterocycles. The summed E-state index contributed by atoms with van der Waals surface area (Å²) in [5.74, 6) is 0.180. The smallest absolute Gasteiger partial charge is 0.257 e. The second-order valence-electron chi connectivity index (χ2n) is 9.08. The molecule has 2 aromatic carbocycles. The number of methoxy groups -OCH3 is 1. The van der Waals surface area contributed by atoms with E-state index in [1.165, 1.54) is 0 Å². The lowest BCUT2D eigenvalue weighted by atomic mass is 9.95. The van der Waals surface area contributed by atoms with Gasteiger partial charge in [-0.25, -0.2) is 4.68 Å². The second-order valence-corrected chi connectivity index (χ2v) is 9.49. The maximum absolute atomic E-state index is 13.2. The zero-order valence-electron chi connectivity index (χ0n) is 20.3. The van der Waals surface area contributed by atoms with E-state index in [-0.39, 0.29) is 24.2 Å². The van der Waals surface area contributed by atoms with Crippen molar-refractivity contribution in [2.24, 2.45) is 5.41 Å². The van der Waals surface area contributed by atoms with E-state index in [0.717, 1.165) is 22.2 Å². The van der Waals surface area contributed by atoms with Crippen molar-refractivity contribution in [1.29, 1.82) is 0 Å². The largest absolute Gasteiger partial charge is 0.495 e. The standard InChI is InChI=1S/C26H26ClN5O3.ClH/c1-26(2,3)25(34)29-12-16-8-9-21(27)19(10-16)24(33)31-22-6-5-7-23-20(22)15-30-32(23)17-11-18(35-4)14-28-13-17;/h5-11,13-15H,12H2,1-4H3,(H,29,34)(H,31,33);1H. The van der Waals surface area contributed by atoms with Crippen molar-refractivity contribution in [3.8, 4) is 11.4 Å². The van der Waals surface area contributed by atoms with Crippen LogP contribution in [0, 0.1) is 5.41 Å². The highest BCUT2D eigenvalue weighted by Crippen LogP contribution is 2.28. The molecule has 0 fully saturated rings. The molecule has 188 valence electrons. The Balaban J connectivity index is 0.00000361. The molecule has 0 aliphatic rings. The first-order valence-electron chi connectivity index (χ1n) is 11.0. The van der Waals surface area contributed by atoms with Crippen LogP contribution in [-0.2, 0) is 11.3 Å². The van der Waals surface area contributed by atoms with Crippen LogP contribution < -0.4 is 15.4 Å². The van der Waals surface area contributed by atoms with Crippen molar-refractivity contribution < 1.29 is 14.3 Å². The van der Waals surface area contributed by atoms with E-state index in [4.69, 9.17) is 16.3 Å². The van der Waals surface area contributed by atoms with Gasteiger partial charge in [0.25, 0.3) is 5.91 Å². The minimum absolute atomic E-state index is 0. The van der Waals surface area contributed by atoms with E-state index >= 15 is 0 Å². The summed E-state index contributed by atoms with van der Waals surface area (Å²) in [6.45, 7) is 5.83. The van der Waals surface area contributed by atoms with Gasteiger partial charge in [0.05, 0.1) is 53.2 Å². The molecular weight excluding hydrogens is 501 g/mol. The summed E-state index contributed by atoms with van der Waals surface area (Å²) >= 11 is 6.34. The number of nitrogens with zero attached hydrogens (tertiary/aromatic N) is 3. The number of ether oxygens (including phenoxy) is 1. The summed E-state index contributed by atoms with van der Waals surface area (Å²) in [7, 11) is 1.58. The highest BCUT2D eigenvalue weighted by molar-refractivity contribution is 6.34. The van der Waals surface area contributed by atoms with Gasteiger partial charge in [0.1, 0.15) is 5.75 Å². The molecule has 0 aliphatic heterocycles. The maximum Gasteiger partial charge on any atom is 0.257 e. The first-order chi connectivity index (χ1) is 16.7. The summed E-state index contributed by atoms with van der Waals surface area (Å²) in [6, 6.07) is 12.5. The van der Waals surface area contributed by atoms with Gasteiger partial charge >= 0.3 is 0 Å². The number of nitrogens with one attached hydrogen (secondary N) is 2. The monoisotopic (exact) mass is 527 g/mol. The molecule has 4 aromatic rings. The first kappa shape index (κ1) is 27.0. The van der Waals surface area contributed by atoms with Crippen LogP contribution in [0.15, 0.2) is 61.1 Å². The van der Waals surface area contributed by atoms with Gasteiger partial charge in [-0.1, -0.05) is 44.5 Å². The number of anilines is 1. The fraction of sp³-hybridized carbons (Fsp3) is 0.231. The minimum atomic E-state index is -0.503. The number of rotatable bonds is 6. The third-order valence-corrected chi connectivity index (χ3v) is 5.78. The lowest BCUT2D eigenvalue weighted by Crippen LogP contribution is -2.34. The Morgan fingerprint density at radius 2 is 1.86 bits per heavy atom. The molecule has 2 heterocycles. The van der Waals surface area contributed by atoms with Gasteiger partial charge < -0.3 is 15.4 Å². The Morgan fingerprint density at radius 3 is 2.58 bits per heavy atom. The molecule has 0 atom stereocenters. The lowest BCUT2D eigenvalue weighted by molar-refractivity contribution is -0.128. The van der Waals surface area contributed by atoms with E-state index in [1.807, 2.05) is 39.0 Å². The Morgan fingerprint density at radius 1 is 1.08 bits per heavy atom. The van der Waals surface area contributed by atoms with Crippen molar-refractivity contribution in [3.05, 3.63) is 77.2 Å². The van der Waals surface area contributed by atoms with E-state index in [9.17, 15) is 9.59 Å². The number of fused-ring (bicyclic) bond motifs is 1. The predicted octanol–water partition coefficient (Wildman–Crippen LogP) is 5.42. The van der Waals surface area contributed by atoms with Crippen LogP contribution in [0.2, 0.25) is 5.02 Å². The number of benzene rings is 2. The molecule has 0 unspecified atom stereocenters. The molecule has 36 heavy (non-hydrogen) atoms. The fourth-order valence-electron chi connectivity index (χ4n) is 3.49. The van der Waals surface area contributed by atoms with Gasteiger partial charge in [-0.15, -0.1) is 12.4 Å². The number of hydrogen-bond acceptors (Lipinski definition) is 5. The van der Waals surface area contributed by atoms with Crippen molar-refractivity contribution >= 4 is 52.4 Å². The molecular formula is C26H27Cl2N5O3. The zero-order chi connectivity index (χ0) is 25.2. The van der Waals surface area contributed by atoms with Crippen LogP contribution in [0.1, 0.15) is 36.7 Å². The second kappa shape index (κ2) is 11.0. The van der Waals surface area contributed by atoms with Crippen LogP contribution in [0.4, 0.5) is 5.69 Å². The van der Waals surface area contributed by atoms with Gasteiger partial charge in [-0.05, 0) is 29.8 Å².